The van der Waals surface area contributed by atoms with Crippen molar-refractivity contribution in [1.29, 1.82) is 0 Å². The summed E-state index contributed by atoms with van der Waals surface area (Å²) >= 11 is 7.51. The Morgan fingerprint density at radius 1 is 1.21 bits per heavy atom. The summed E-state index contributed by atoms with van der Waals surface area (Å²) < 4.78 is 1.19. The summed E-state index contributed by atoms with van der Waals surface area (Å²) in [6.45, 7) is 0. The quantitative estimate of drug-likeness (QED) is 0.768. The van der Waals surface area contributed by atoms with E-state index < -0.39 is 0 Å². The maximum atomic E-state index is 12.0. The number of fused-ring (bicyclic) bond motifs is 1. The molecule has 3 nitrogen and oxygen atoms in total. The Kier molecular flexibility index (Phi) is 3.19. The van der Waals surface area contributed by atoms with Crippen LogP contribution in [-0.2, 0) is 0 Å². The standard InChI is InChI=1S/C14H9ClN2OS/c15-10-3-5-16-12(8-10)14(18)17-11-1-2-13-9(7-11)4-6-19-13/h1-8H,(H,17,18). The highest BCUT2D eigenvalue weighted by Gasteiger charge is 2.08. The number of halogens is 1. The lowest BCUT2D eigenvalue weighted by molar-refractivity contribution is 0.102. The fourth-order valence-corrected chi connectivity index (χ4v) is 2.70. The number of aromatic nitrogens is 1. The number of carbonyl (C=O) groups excluding carboxylic acids is 1. The van der Waals surface area contributed by atoms with Crippen molar-refractivity contribution in [3.8, 4) is 0 Å². The van der Waals surface area contributed by atoms with Gasteiger partial charge in [-0.1, -0.05) is 11.6 Å². The second kappa shape index (κ2) is 4.99. The van der Waals surface area contributed by atoms with Crippen LogP contribution in [0.25, 0.3) is 10.1 Å². The molecule has 0 bridgehead atoms. The van der Waals surface area contributed by atoms with Crippen molar-refractivity contribution >= 4 is 44.6 Å². The predicted octanol–water partition coefficient (Wildman–Crippen LogP) is 4.20. The van der Waals surface area contributed by atoms with Crippen molar-refractivity contribution in [2.45, 2.75) is 0 Å². The molecule has 0 spiro atoms. The van der Waals surface area contributed by atoms with Crippen LogP contribution < -0.4 is 5.32 Å². The molecule has 1 amide bonds. The molecule has 0 aliphatic rings. The lowest BCUT2D eigenvalue weighted by Crippen LogP contribution is -2.13. The Labute approximate surface area is 118 Å². The van der Waals surface area contributed by atoms with Gasteiger partial charge in [0.25, 0.3) is 5.91 Å². The number of benzene rings is 1. The molecule has 0 saturated heterocycles. The molecule has 0 saturated carbocycles. The molecule has 0 radical (unpaired) electrons. The lowest BCUT2D eigenvalue weighted by atomic mass is 10.2. The summed E-state index contributed by atoms with van der Waals surface area (Å²) in [5.41, 5.74) is 1.05. The fourth-order valence-electron chi connectivity index (χ4n) is 1.77. The number of hydrogen-bond donors (Lipinski definition) is 1. The van der Waals surface area contributed by atoms with E-state index >= 15 is 0 Å². The number of carbonyl (C=O) groups is 1. The van der Waals surface area contributed by atoms with Gasteiger partial charge in [0.05, 0.1) is 0 Å². The van der Waals surface area contributed by atoms with Crippen LogP contribution in [0.3, 0.4) is 0 Å². The third-order valence-electron chi connectivity index (χ3n) is 2.66. The minimum Gasteiger partial charge on any atom is -0.321 e. The number of rotatable bonds is 2. The zero-order valence-electron chi connectivity index (χ0n) is 9.76. The van der Waals surface area contributed by atoms with Gasteiger partial charge in [-0.2, -0.15) is 0 Å². The van der Waals surface area contributed by atoms with Crippen LogP contribution in [-0.4, -0.2) is 10.9 Å². The first kappa shape index (κ1) is 12.1. The fraction of sp³-hybridized carbons (Fsp3) is 0. The van der Waals surface area contributed by atoms with E-state index in [4.69, 9.17) is 11.6 Å². The molecule has 1 N–H and O–H groups in total. The van der Waals surface area contributed by atoms with Crippen LogP contribution in [0.5, 0.6) is 0 Å². The van der Waals surface area contributed by atoms with Gasteiger partial charge >= 0.3 is 0 Å². The monoisotopic (exact) mass is 288 g/mol. The molecule has 0 aliphatic carbocycles. The van der Waals surface area contributed by atoms with Gasteiger partial charge in [0.1, 0.15) is 5.69 Å². The van der Waals surface area contributed by atoms with Crippen molar-refractivity contribution in [3.05, 3.63) is 58.7 Å². The van der Waals surface area contributed by atoms with E-state index in [9.17, 15) is 4.79 Å². The minimum absolute atomic E-state index is 0.267. The molecule has 0 aliphatic heterocycles. The van der Waals surface area contributed by atoms with Gasteiger partial charge in [-0.25, -0.2) is 0 Å². The van der Waals surface area contributed by atoms with Crippen LogP contribution in [0.15, 0.2) is 48.0 Å². The first-order chi connectivity index (χ1) is 9.22. The number of pyridine rings is 1. The van der Waals surface area contributed by atoms with E-state index in [0.717, 1.165) is 11.1 Å². The summed E-state index contributed by atoms with van der Waals surface area (Å²) in [7, 11) is 0. The number of anilines is 1. The molecule has 2 aromatic heterocycles. The highest BCUT2D eigenvalue weighted by molar-refractivity contribution is 7.17. The SMILES string of the molecule is O=C(Nc1ccc2sccc2c1)c1cc(Cl)ccn1. The van der Waals surface area contributed by atoms with Crippen LogP contribution in [0.2, 0.25) is 5.02 Å². The average molecular weight is 289 g/mol. The number of nitrogens with zero attached hydrogens (tertiary/aromatic N) is 1. The smallest absolute Gasteiger partial charge is 0.274 e. The zero-order valence-corrected chi connectivity index (χ0v) is 11.3. The molecule has 0 unspecified atom stereocenters. The van der Waals surface area contributed by atoms with Gasteiger partial charge in [-0.05, 0) is 47.2 Å². The Hall–Kier alpha value is -1.91. The van der Waals surface area contributed by atoms with E-state index in [2.05, 4.69) is 10.3 Å². The van der Waals surface area contributed by atoms with Gasteiger partial charge in [-0.3, -0.25) is 9.78 Å². The van der Waals surface area contributed by atoms with E-state index in [1.165, 1.54) is 10.9 Å². The predicted molar refractivity (Wildman–Crippen MR) is 79.0 cm³/mol. The number of hydrogen-bond acceptors (Lipinski definition) is 3. The molecule has 94 valence electrons. The molecular formula is C14H9ClN2OS. The number of amides is 1. The van der Waals surface area contributed by atoms with Crippen molar-refractivity contribution in [2.24, 2.45) is 0 Å². The third-order valence-corrected chi connectivity index (χ3v) is 3.80. The third kappa shape index (κ3) is 2.59. The number of thiophene rings is 1. The molecule has 0 fully saturated rings. The van der Waals surface area contributed by atoms with Gasteiger partial charge in [0.15, 0.2) is 0 Å². The Morgan fingerprint density at radius 2 is 2.11 bits per heavy atom. The van der Waals surface area contributed by atoms with Crippen molar-refractivity contribution in [1.82, 2.24) is 4.98 Å². The molecule has 3 aromatic rings. The van der Waals surface area contributed by atoms with Gasteiger partial charge in [-0.15, -0.1) is 11.3 Å². The summed E-state index contributed by atoms with van der Waals surface area (Å²) in [5.74, 6) is -0.267. The van der Waals surface area contributed by atoms with Crippen LogP contribution >= 0.6 is 22.9 Å². The normalized spacial score (nSPS) is 10.6. The van der Waals surface area contributed by atoms with E-state index in [-0.39, 0.29) is 5.91 Å². The topological polar surface area (TPSA) is 42.0 Å². The molecule has 2 heterocycles. The largest absolute Gasteiger partial charge is 0.321 e. The first-order valence-electron chi connectivity index (χ1n) is 5.62. The lowest BCUT2D eigenvalue weighted by Gasteiger charge is -2.05. The van der Waals surface area contributed by atoms with Crippen LogP contribution in [0, 0.1) is 0 Å². The van der Waals surface area contributed by atoms with Crippen LogP contribution in [0.4, 0.5) is 5.69 Å². The summed E-state index contributed by atoms with van der Waals surface area (Å²) in [5, 5.41) is 6.44. The number of nitrogens with one attached hydrogen (secondary N) is 1. The molecular weight excluding hydrogens is 280 g/mol. The molecule has 1 aromatic carbocycles. The van der Waals surface area contributed by atoms with Gasteiger partial charge < -0.3 is 5.32 Å². The first-order valence-corrected chi connectivity index (χ1v) is 6.88. The van der Waals surface area contributed by atoms with Crippen LogP contribution in [0.1, 0.15) is 10.5 Å². The molecule has 0 atom stereocenters. The van der Waals surface area contributed by atoms with Crippen molar-refractivity contribution in [3.63, 3.8) is 0 Å². The Morgan fingerprint density at radius 3 is 2.95 bits per heavy atom. The maximum absolute atomic E-state index is 12.0. The van der Waals surface area contributed by atoms with Crippen molar-refractivity contribution < 1.29 is 4.79 Å². The minimum atomic E-state index is -0.267. The Bertz CT molecular complexity index is 754. The van der Waals surface area contributed by atoms with Crippen molar-refractivity contribution in [2.75, 3.05) is 5.32 Å². The van der Waals surface area contributed by atoms with Gasteiger partial charge in [0.2, 0.25) is 0 Å². The second-order valence-corrected chi connectivity index (χ2v) is 5.37. The highest BCUT2D eigenvalue weighted by atomic mass is 35.5. The second-order valence-electron chi connectivity index (χ2n) is 3.99. The summed E-state index contributed by atoms with van der Waals surface area (Å²) in [6, 6.07) is 11.0. The molecule has 3 rings (SSSR count). The van der Waals surface area contributed by atoms with E-state index in [1.54, 1.807) is 23.5 Å². The highest BCUT2D eigenvalue weighted by Crippen LogP contribution is 2.24. The summed E-state index contributed by atoms with van der Waals surface area (Å²) in [6.07, 6.45) is 1.51. The van der Waals surface area contributed by atoms with E-state index in [0.29, 0.717) is 10.7 Å². The average Bonchev–Trinajstić information content (AvgIpc) is 2.86. The zero-order chi connectivity index (χ0) is 13.2. The molecule has 19 heavy (non-hydrogen) atoms. The summed E-state index contributed by atoms with van der Waals surface area (Å²) in [4.78, 5) is 16.0. The van der Waals surface area contributed by atoms with E-state index in [1.807, 2.05) is 29.6 Å². The maximum Gasteiger partial charge on any atom is 0.274 e. The van der Waals surface area contributed by atoms with Gasteiger partial charge in [0, 0.05) is 21.6 Å². The Balaban J connectivity index is 1.86. The molecule has 5 heteroatoms.